The molecule has 0 saturated heterocycles. The van der Waals surface area contributed by atoms with Crippen molar-refractivity contribution in [2.45, 2.75) is 107 Å². The van der Waals surface area contributed by atoms with Crippen molar-refractivity contribution in [2.24, 2.45) is 0 Å². The van der Waals surface area contributed by atoms with E-state index in [1.54, 1.807) is 0 Å². The van der Waals surface area contributed by atoms with Crippen LogP contribution in [-0.2, 0) is 16.5 Å². The van der Waals surface area contributed by atoms with Crippen LogP contribution in [0.1, 0.15) is 96.0 Å². The quantitative estimate of drug-likeness (QED) is 0.191. The molecule has 1 aromatic rings. The number of phenolic OH excluding ortho intramolecular Hbond substituents is 1. The zero-order chi connectivity index (χ0) is 20.1. The summed E-state index contributed by atoms with van der Waals surface area (Å²) in [5, 5.41) is 9.74. The zero-order valence-electron chi connectivity index (χ0n) is 17.6. The predicted octanol–water partition coefficient (Wildman–Crippen LogP) is 3.22. The van der Waals surface area contributed by atoms with Gasteiger partial charge in [0.15, 0.2) is 0 Å². The molecular weight excluding hydrogens is 403 g/mol. The smallest absolute Gasteiger partial charge is 0.744 e. The maximum absolute atomic E-state index is 11.1. The van der Waals surface area contributed by atoms with Gasteiger partial charge in [-0.3, -0.25) is 0 Å². The van der Waals surface area contributed by atoms with Gasteiger partial charge in [-0.2, -0.15) is 0 Å². The van der Waals surface area contributed by atoms with E-state index in [9.17, 15) is 18.1 Å². The number of rotatable bonds is 15. The second kappa shape index (κ2) is 16.0. The van der Waals surface area contributed by atoms with Crippen LogP contribution in [0.3, 0.4) is 0 Å². The van der Waals surface area contributed by atoms with Gasteiger partial charge in [-0.15, -0.1) is 12.6 Å². The van der Waals surface area contributed by atoms with E-state index in [-0.39, 0.29) is 29.6 Å². The van der Waals surface area contributed by atoms with Crippen molar-refractivity contribution >= 4 is 22.7 Å². The normalized spacial score (nSPS) is 11.4. The fraction of sp³-hybridized carbons (Fsp3) is 0.714. The van der Waals surface area contributed by atoms with Crippen LogP contribution in [0.5, 0.6) is 5.75 Å². The standard InChI is InChI=1S/C21H36O4S2.Na/c1-2-3-4-5-6-7-8-9-10-11-12-13-14-15-18-16-19(22)21(17-20(18)26)27(23,24)25;/h16-17,22,26H,2-15H2,1H3,(H,23,24,25);/q;+1/p-1. The van der Waals surface area contributed by atoms with Crippen LogP contribution in [-0.4, -0.2) is 18.1 Å². The van der Waals surface area contributed by atoms with Crippen LogP contribution in [0, 0.1) is 0 Å². The molecule has 1 N–H and O–H groups in total. The van der Waals surface area contributed by atoms with Crippen molar-refractivity contribution in [2.75, 3.05) is 0 Å². The molecule has 0 aliphatic rings. The van der Waals surface area contributed by atoms with Crippen LogP contribution in [0.4, 0.5) is 0 Å². The van der Waals surface area contributed by atoms with E-state index in [1.165, 1.54) is 76.7 Å². The molecule has 7 heteroatoms. The molecule has 0 heterocycles. The summed E-state index contributed by atoms with van der Waals surface area (Å²) in [4.78, 5) is -0.150. The van der Waals surface area contributed by atoms with E-state index in [0.717, 1.165) is 30.9 Å². The Labute approximate surface area is 199 Å². The minimum atomic E-state index is -4.67. The number of benzene rings is 1. The third-order valence-corrected chi connectivity index (χ3v) is 6.26. The Balaban J connectivity index is 0.00000729. The molecule has 0 radical (unpaired) electrons. The van der Waals surface area contributed by atoms with E-state index >= 15 is 0 Å². The van der Waals surface area contributed by atoms with Gasteiger partial charge < -0.3 is 9.66 Å². The summed E-state index contributed by atoms with van der Waals surface area (Å²) in [5.74, 6) is -0.479. The largest absolute Gasteiger partial charge is 1.00 e. The monoisotopic (exact) mass is 438 g/mol. The summed E-state index contributed by atoms with van der Waals surface area (Å²) in [6.45, 7) is 2.25. The van der Waals surface area contributed by atoms with Crippen molar-refractivity contribution in [3.8, 4) is 5.75 Å². The number of thiol groups is 1. The SMILES string of the molecule is CCCCCCCCCCCCCCCc1cc(O)c(S(=O)(=O)[O-])cc1S.[Na+]. The summed E-state index contributed by atoms with van der Waals surface area (Å²) in [7, 11) is -4.67. The molecule has 0 bridgehead atoms. The van der Waals surface area contributed by atoms with E-state index in [0.29, 0.717) is 4.90 Å². The number of aryl methyl sites for hydroxylation is 1. The van der Waals surface area contributed by atoms with E-state index in [1.807, 2.05) is 0 Å². The van der Waals surface area contributed by atoms with Crippen LogP contribution in [0.15, 0.2) is 21.9 Å². The number of hydrogen-bond acceptors (Lipinski definition) is 5. The number of hydrogen-bond donors (Lipinski definition) is 2. The van der Waals surface area contributed by atoms with Crippen molar-refractivity contribution in [1.29, 1.82) is 0 Å². The Hall–Kier alpha value is 0.280. The molecule has 0 spiro atoms. The molecule has 4 nitrogen and oxygen atoms in total. The second-order valence-corrected chi connectivity index (χ2v) is 9.23. The Bertz CT molecular complexity index is 648. The molecule has 1 aromatic carbocycles. The molecular formula is C21H35NaO4S2. The van der Waals surface area contributed by atoms with Gasteiger partial charge in [0, 0.05) is 4.90 Å². The third-order valence-electron chi connectivity index (χ3n) is 4.98. The fourth-order valence-corrected chi connectivity index (χ4v) is 4.30. The van der Waals surface area contributed by atoms with Gasteiger partial charge in [-0.05, 0) is 30.5 Å². The molecule has 0 atom stereocenters. The molecule has 156 valence electrons. The van der Waals surface area contributed by atoms with Crippen LogP contribution in [0.2, 0.25) is 0 Å². The Morgan fingerprint density at radius 3 is 1.71 bits per heavy atom. The molecule has 0 aromatic heterocycles. The Morgan fingerprint density at radius 2 is 1.29 bits per heavy atom. The van der Waals surface area contributed by atoms with Gasteiger partial charge in [0.25, 0.3) is 0 Å². The molecule has 0 unspecified atom stereocenters. The van der Waals surface area contributed by atoms with Gasteiger partial charge >= 0.3 is 29.6 Å². The minimum absolute atomic E-state index is 0. The number of unbranched alkanes of at least 4 members (excludes halogenated alkanes) is 12. The van der Waals surface area contributed by atoms with Gasteiger partial charge in [0.1, 0.15) is 15.9 Å². The number of phenols is 1. The molecule has 0 aliphatic carbocycles. The van der Waals surface area contributed by atoms with Crippen LogP contribution < -0.4 is 29.6 Å². The first kappa shape index (κ1) is 28.3. The van der Waals surface area contributed by atoms with Gasteiger partial charge in [0.2, 0.25) is 0 Å². The molecule has 0 fully saturated rings. The molecule has 28 heavy (non-hydrogen) atoms. The average Bonchev–Trinajstić information content (AvgIpc) is 2.60. The summed E-state index contributed by atoms with van der Waals surface area (Å²) in [6, 6.07) is 2.51. The Kier molecular flexibility index (Phi) is 16.2. The second-order valence-electron chi connectivity index (χ2n) is 7.40. The van der Waals surface area contributed by atoms with E-state index < -0.39 is 20.8 Å². The molecule has 0 aliphatic heterocycles. The summed E-state index contributed by atoms with van der Waals surface area (Å²) in [5.41, 5.74) is 0.784. The van der Waals surface area contributed by atoms with Gasteiger partial charge in [-0.1, -0.05) is 84.0 Å². The van der Waals surface area contributed by atoms with Crippen molar-refractivity contribution < 1.29 is 47.6 Å². The maximum Gasteiger partial charge on any atom is 1.00 e. The third kappa shape index (κ3) is 12.1. The van der Waals surface area contributed by atoms with Crippen LogP contribution in [0.25, 0.3) is 0 Å². The van der Waals surface area contributed by atoms with Crippen molar-refractivity contribution in [1.82, 2.24) is 0 Å². The average molecular weight is 439 g/mol. The minimum Gasteiger partial charge on any atom is -0.744 e. The van der Waals surface area contributed by atoms with Crippen molar-refractivity contribution in [3.05, 3.63) is 17.7 Å². The summed E-state index contributed by atoms with van der Waals surface area (Å²) < 4.78 is 33.2. The summed E-state index contributed by atoms with van der Waals surface area (Å²) in [6.07, 6.45) is 17.4. The fourth-order valence-electron chi connectivity index (χ4n) is 3.33. The zero-order valence-corrected chi connectivity index (χ0v) is 21.3. The molecule has 0 amide bonds. The van der Waals surface area contributed by atoms with Crippen molar-refractivity contribution in [3.63, 3.8) is 0 Å². The number of aromatic hydroxyl groups is 1. The topological polar surface area (TPSA) is 77.4 Å². The molecule has 0 saturated carbocycles. The first-order chi connectivity index (χ1) is 12.9. The first-order valence-electron chi connectivity index (χ1n) is 10.4. The Morgan fingerprint density at radius 1 is 0.857 bits per heavy atom. The summed E-state index contributed by atoms with van der Waals surface area (Å²) >= 11 is 4.25. The predicted molar refractivity (Wildman–Crippen MR) is 113 cm³/mol. The maximum atomic E-state index is 11.1. The van der Waals surface area contributed by atoms with E-state index in [2.05, 4.69) is 19.6 Å². The van der Waals surface area contributed by atoms with Gasteiger partial charge in [-0.25, -0.2) is 8.42 Å². The molecule has 1 rings (SSSR count). The first-order valence-corrected chi connectivity index (χ1v) is 12.2. The van der Waals surface area contributed by atoms with E-state index in [4.69, 9.17) is 0 Å². The van der Waals surface area contributed by atoms with Crippen LogP contribution >= 0.6 is 12.6 Å². The van der Waals surface area contributed by atoms with Gasteiger partial charge in [0.05, 0.1) is 4.90 Å².